The van der Waals surface area contributed by atoms with Gasteiger partial charge >= 0.3 is 6.09 Å². The molecule has 2 aromatic rings. The Hall–Kier alpha value is -2.44. The summed E-state index contributed by atoms with van der Waals surface area (Å²) < 4.78 is 2.10. The van der Waals surface area contributed by atoms with Crippen LogP contribution in [-0.4, -0.2) is 39.9 Å². The van der Waals surface area contributed by atoms with Gasteiger partial charge < -0.3 is 25.6 Å². The SMILES string of the molecule is CC(C)c1nc2c(N3CC[C@@H](NC(=O)O)C3)c(N)ccc2n1C. The number of nitrogens with two attached hydrogens (primary N) is 1. The van der Waals surface area contributed by atoms with Crippen LogP contribution in [-0.2, 0) is 7.05 Å². The van der Waals surface area contributed by atoms with Gasteiger partial charge in [-0.15, -0.1) is 0 Å². The van der Waals surface area contributed by atoms with E-state index in [0.29, 0.717) is 18.2 Å². The van der Waals surface area contributed by atoms with Crippen molar-refractivity contribution in [1.29, 1.82) is 0 Å². The summed E-state index contributed by atoms with van der Waals surface area (Å²) in [4.78, 5) is 17.8. The van der Waals surface area contributed by atoms with Crippen molar-refractivity contribution in [3.63, 3.8) is 0 Å². The molecule has 23 heavy (non-hydrogen) atoms. The Balaban J connectivity index is 2.02. The van der Waals surface area contributed by atoms with Crippen LogP contribution in [0.25, 0.3) is 11.0 Å². The predicted octanol–water partition coefficient (Wildman–Crippen LogP) is 2.13. The average Bonchev–Trinajstić information content (AvgIpc) is 3.03. The number of anilines is 2. The first-order chi connectivity index (χ1) is 10.9. The summed E-state index contributed by atoms with van der Waals surface area (Å²) >= 11 is 0. The zero-order chi connectivity index (χ0) is 16.7. The number of aromatic nitrogens is 2. The molecule has 7 heteroatoms. The van der Waals surface area contributed by atoms with E-state index in [4.69, 9.17) is 15.8 Å². The summed E-state index contributed by atoms with van der Waals surface area (Å²) in [5.41, 5.74) is 9.76. The molecule has 3 rings (SSSR count). The van der Waals surface area contributed by atoms with Crippen LogP contribution in [0.5, 0.6) is 0 Å². The maximum atomic E-state index is 10.8. The first-order valence-corrected chi connectivity index (χ1v) is 7.87. The molecule has 124 valence electrons. The molecular weight excluding hydrogens is 294 g/mol. The molecule has 0 spiro atoms. The van der Waals surface area contributed by atoms with Crippen LogP contribution in [0.15, 0.2) is 12.1 Å². The van der Waals surface area contributed by atoms with Crippen molar-refractivity contribution in [2.24, 2.45) is 7.05 Å². The van der Waals surface area contributed by atoms with Gasteiger partial charge in [-0.3, -0.25) is 0 Å². The third kappa shape index (κ3) is 2.67. The maximum absolute atomic E-state index is 10.8. The quantitative estimate of drug-likeness (QED) is 0.754. The summed E-state index contributed by atoms with van der Waals surface area (Å²) in [6, 6.07) is 3.83. The fourth-order valence-electron chi connectivity index (χ4n) is 3.38. The van der Waals surface area contributed by atoms with E-state index in [-0.39, 0.29) is 6.04 Å². The van der Waals surface area contributed by atoms with Crippen molar-refractivity contribution < 1.29 is 9.90 Å². The summed E-state index contributed by atoms with van der Waals surface area (Å²) in [5, 5.41) is 11.4. The van der Waals surface area contributed by atoms with Gasteiger partial charge in [0.2, 0.25) is 0 Å². The van der Waals surface area contributed by atoms with Gasteiger partial charge in [0.05, 0.1) is 22.9 Å². The van der Waals surface area contributed by atoms with Gasteiger partial charge in [-0.25, -0.2) is 9.78 Å². The highest BCUT2D eigenvalue weighted by Gasteiger charge is 2.28. The van der Waals surface area contributed by atoms with E-state index in [0.717, 1.165) is 35.5 Å². The highest BCUT2D eigenvalue weighted by molar-refractivity contribution is 5.96. The average molecular weight is 317 g/mol. The smallest absolute Gasteiger partial charge is 0.404 e. The van der Waals surface area contributed by atoms with Crippen LogP contribution in [0.4, 0.5) is 16.2 Å². The molecule has 1 aromatic heterocycles. The lowest BCUT2D eigenvalue weighted by molar-refractivity contribution is 0.191. The Morgan fingerprint density at radius 2 is 2.22 bits per heavy atom. The number of nitrogens with one attached hydrogen (secondary N) is 1. The standard InChI is InChI=1S/C16H23N5O2/c1-9(2)15-19-13-12(20(15)3)5-4-11(17)14(13)21-7-6-10(8-21)18-16(22)23/h4-5,9-10,18H,6-8,17H2,1-3H3,(H,22,23)/t10-/m1/s1. The minimum Gasteiger partial charge on any atom is -0.465 e. The lowest BCUT2D eigenvalue weighted by atomic mass is 10.2. The fourth-order valence-corrected chi connectivity index (χ4v) is 3.38. The molecule has 0 aliphatic carbocycles. The molecule has 7 nitrogen and oxygen atoms in total. The van der Waals surface area contributed by atoms with Crippen molar-refractivity contribution in [3.05, 3.63) is 18.0 Å². The number of benzene rings is 1. The van der Waals surface area contributed by atoms with E-state index in [1.54, 1.807) is 0 Å². The van der Waals surface area contributed by atoms with E-state index < -0.39 is 6.09 Å². The molecule has 1 aromatic carbocycles. The van der Waals surface area contributed by atoms with Crippen LogP contribution in [0.1, 0.15) is 32.0 Å². The van der Waals surface area contributed by atoms with Crippen molar-refractivity contribution in [2.45, 2.75) is 32.2 Å². The van der Waals surface area contributed by atoms with Crippen LogP contribution in [0.3, 0.4) is 0 Å². The summed E-state index contributed by atoms with van der Waals surface area (Å²) in [6.45, 7) is 5.62. The number of carbonyl (C=O) groups is 1. The number of imidazole rings is 1. The van der Waals surface area contributed by atoms with Gasteiger partial charge in [-0.2, -0.15) is 0 Å². The number of nitrogen functional groups attached to an aromatic ring is 1. The second kappa shape index (κ2) is 5.64. The Kier molecular flexibility index (Phi) is 3.79. The van der Waals surface area contributed by atoms with E-state index in [1.807, 2.05) is 19.2 Å². The number of amides is 1. The van der Waals surface area contributed by atoms with E-state index in [1.165, 1.54) is 0 Å². The Bertz CT molecular complexity index is 752. The Morgan fingerprint density at radius 3 is 2.87 bits per heavy atom. The van der Waals surface area contributed by atoms with Crippen molar-refractivity contribution >= 4 is 28.5 Å². The minimum absolute atomic E-state index is 0.0737. The zero-order valence-electron chi connectivity index (χ0n) is 13.7. The second-order valence-corrected chi connectivity index (χ2v) is 6.44. The number of fused-ring (bicyclic) bond motifs is 1. The fraction of sp³-hybridized carbons (Fsp3) is 0.500. The van der Waals surface area contributed by atoms with Gasteiger partial charge in [0, 0.05) is 26.1 Å². The normalized spacial score (nSPS) is 18.1. The third-order valence-electron chi connectivity index (χ3n) is 4.44. The maximum Gasteiger partial charge on any atom is 0.404 e. The van der Waals surface area contributed by atoms with Crippen molar-refractivity contribution in [3.8, 4) is 0 Å². The summed E-state index contributed by atoms with van der Waals surface area (Å²) in [7, 11) is 2.02. The molecule has 1 aliphatic rings. The molecule has 2 heterocycles. The van der Waals surface area contributed by atoms with Crippen molar-refractivity contribution in [2.75, 3.05) is 23.7 Å². The summed E-state index contributed by atoms with van der Waals surface area (Å²) in [5.74, 6) is 1.34. The monoisotopic (exact) mass is 317 g/mol. The molecule has 1 fully saturated rings. The predicted molar refractivity (Wildman–Crippen MR) is 91.0 cm³/mol. The first kappa shape index (κ1) is 15.5. The van der Waals surface area contributed by atoms with Gasteiger partial charge in [-0.1, -0.05) is 13.8 Å². The molecular formula is C16H23N5O2. The molecule has 4 N–H and O–H groups in total. The first-order valence-electron chi connectivity index (χ1n) is 7.87. The largest absolute Gasteiger partial charge is 0.465 e. The Labute approximate surface area is 135 Å². The van der Waals surface area contributed by atoms with E-state index >= 15 is 0 Å². The van der Waals surface area contributed by atoms with Gasteiger partial charge in [0.1, 0.15) is 11.3 Å². The molecule has 1 saturated heterocycles. The summed E-state index contributed by atoms with van der Waals surface area (Å²) in [6.07, 6.45) is -0.214. The number of hydrogen-bond acceptors (Lipinski definition) is 4. The topological polar surface area (TPSA) is 96.4 Å². The van der Waals surface area contributed by atoms with Crippen LogP contribution in [0.2, 0.25) is 0 Å². The van der Waals surface area contributed by atoms with E-state index in [2.05, 4.69) is 28.6 Å². The molecule has 0 radical (unpaired) electrons. The molecule has 0 unspecified atom stereocenters. The number of aryl methyl sites for hydroxylation is 1. The van der Waals surface area contributed by atoms with Gasteiger partial charge in [-0.05, 0) is 18.6 Å². The van der Waals surface area contributed by atoms with Gasteiger partial charge in [0.15, 0.2) is 0 Å². The lowest BCUT2D eigenvalue weighted by Crippen LogP contribution is -2.36. The molecule has 0 bridgehead atoms. The van der Waals surface area contributed by atoms with Crippen LogP contribution < -0.4 is 16.0 Å². The van der Waals surface area contributed by atoms with Crippen molar-refractivity contribution in [1.82, 2.24) is 14.9 Å². The molecule has 1 aliphatic heterocycles. The lowest BCUT2D eigenvalue weighted by Gasteiger charge is -2.21. The second-order valence-electron chi connectivity index (χ2n) is 6.44. The number of hydrogen-bond donors (Lipinski definition) is 3. The van der Waals surface area contributed by atoms with E-state index in [9.17, 15) is 4.79 Å². The highest BCUT2D eigenvalue weighted by Crippen LogP contribution is 2.35. The third-order valence-corrected chi connectivity index (χ3v) is 4.44. The molecule has 0 saturated carbocycles. The minimum atomic E-state index is -0.983. The number of nitrogens with zero attached hydrogens (tertiary/aromatic N) is 3. The van der Waals surface area contributed by atoms with Gasteiger partial charge in [0.25, 0.3) is 0 Å². The number of carboxylic acid groups (broad SMARTS) is 1. The molecule has 1 amide bonds. The zero-order valence-corrected chi connectivity index (χ0v) is 13.7. The Morgan fingerprint density at radius 1 is 1.48 bits per heavy atom. The highest BCUT2D eigenvalue weighted by atomic mass is 16.4. The van der Waals surface area contributed by atoms with Crippen LogP contribution in [0, 0.1) is 0 Å². The molecule has 1 atom stereocenters. The van der Waals surface area contributed by atoms with Crippen LogP contribution >= 0.6 is 0 Å². The number of rotatable bonds is 3.